The van der Waals surface area contributed by atoms with Crippen LogP contribution in [0.5, 0.6) is 0 Å². The van der Waals surface area contributed by atoms with Crippen molar-refractivity contribution in [1.29, 1.82) is 0 Å². The molecule has 6 nitrogen and oxygen atoms in total. The number of rotatable bonds is 7. The molecule has 2 heterocycles. The van der Waals surface area contributed by atoms with Gasteiger partial charge in [0.1, 0.15) is 0 Å². The summed E-state index contributed by atoms with van der Waals surface area (Å²) in [5.41, 5.74) is 4.74. The molecule has 2 N–H and O–H groups in total. The summed E-state index contributed by atoms with van der Waals surface area (Å²) in [4.78, 5) is 31.4. The lowest BCUT2D eigenvalue weighted by atomic mass is 10.1. The van der Waals surface area contributed by atoms with Crippen molar-refractivity contribution in [3.63, 3.8) is 0 Å². The predicted molar refractivity (Wildman–Crippen MR) is 129 cm³/mol. The van der Waals surface area contributed by atoms with E-state index < -0.39 is 0 Å². The molecule has 1 fully saturated rings. The van der Waals surface area contributed by atoms with Gasteiger partial charge >= 0.3 is 0 Å². The van der Waals surface area contributed by atoms with E-state index in [1.165, 1.54) is 35.9 Å². The van der Waals surface area contributed by atoms with Crippen molar-refractivity contribution in [1.82, 2.24) is 9.88 Å². The Morgan fingerprint density at radius 3 is 2.71 bits per heavy atom. The van der Waals surface area contributed by atoms with Gasteiger partial charge in [0, 0.05) is 11.4 Å². The molecular formula is C23H26N4O2S2. The van der Waals surface area contributed by atoms with Gasteiger partial charge in [-0.1, -0.05) is 23.9 Å². The highest BCUT2D eigenvalue weighted by Gasteiger charge is 2.15. The van der Waals surface area contributed by atoms with Gasteiger partial charge in [0.2, 0.25) is 11.8 Å². The van der Waals surface area contributed by atoms with Gasteiger partial charge in [-0.2, -0.15) is 0 Å². The first kappa shape index (κ1) is 21.8. The molecule has 0 unspecified atom stereocenters. The van der Waals surface area contributed by atoms with Crippen LogP contribution in [0.2, 0.25) is 0 Å². The summed E-state index contributed by atoms with van der Waals surface area (Å²) in [7, 11) is 0. The Kier molecular flexibility index (Phi) is 6.89. The molecule has 0 spiro atoms. The second-order valence-corrected chi connectivity index (χ2v) is 10.0. The van der Waals surface area contributed by atoms with E-state index in [0.717, 1.165) is 50.1 Å². The molecule has 3 aromatic rings. The third-order valence-corrected chi connectivity index (χ3v) is 7.59. The normalized spacial score (nSPS) is 14.1. The van der Waals surface area contributed by atoms with E-state index in [-0.39, 0.29) is 11.8 Å². The van der Waals surface area contributed by atoms with Gasteiger partial charge in [0.25, 0.3) is 0 Å². The highest BCUT2D eigenvalue weighted by Crippen LogP contribution is 2.31. The first-order valence-corrected chi connectivity index (χ1v) is 12.2. The van der Waals surface area contributed by atoms with Crippen LogP contribution in [0.1, 0.15) is 24.0 Å². The summed E-state index contributed by atoms with van der Waals surface area (Å²) in [6.45, 7) is 6.48. The fourth-order valence-electron chi connectivity index (χ4n) is 3.59. The van der Waals surface area contributed by atoms with Crippen LogP contribution in [-0.2, 0) is 9.59 Å². The van der Waals surface area contributed by atoms with E-state index in [1.54, 1.807) is 0 Å². The van der Waals surface area contributed by atoms with Crippen molar-refractivity contribution in [2.45, 2.75) is 31.0 Å². The minimum absolute atomic E-state index is 0.0171. The third kappa shape index (κ3) is 5.64. The number of hydrogen-bond donors (Lipinski definition) is 2. The number of thiazole rings is 1. The quantitative estimate of drug-likeness (QED) is 0.507. The van der Waals surface area contributed by atoms with Gasteiger partial charge in [-0.3, -0.25) is 14.5 Å². The number of carbonyl (C=O) groups excluding carboxylic acids is 2. The van der Waals surface area contributed by atoms with Gasteiger partial charge in [-0.25, -0.2) is 4.98 Å². The fraction of sp³-hybridized carbons (Fsp3) is 0.348. The number of nitrogens with zero attached hydrogens (tertiary/aromatic N) is 2. The molecule has 1 aliphatic heterocycles. The molecule has 1 aliphatic rings. The molecule has 4 rings (SSSR count). The van der Waals surface area contributed by atoms with Gasteiger partial charge in [0.05, 0.1) is 22.5 Å². The summed E-state index contributed by atoms with van der Waals surface area (Å²) >= 11 is 2.96. The highest BCUT2D eigenvalue weighted by atomic mass is 32.2. The monoisotopic (exact) mass is 454 g/mol. The van der Waals surface area contributed by atoms with Crippen LogP contribution < -0.4 is 10.6 Å². The molecule has 2 aromatic carbocycles. The lowest BCUT2D eigenvalue weighted by Gasteiger charge is -2.13. The number of benzene rings is 2. The Labute approximate surface area is 190 Å². The predicted octanol–water partition coefficient (Wildman–Crippen LogP) is 4.68. The number of aromatic nitrogens is 1. The maximum atomic E-state index is 12.4. The number of anilines is 2. The summed E-state index contributed by atoms with van der Waals surface area (Å²) in [6, 6.07) is 11.6. The molecule has 31 heavy (non-hydrogen) atoms. The molecule has 0 bridgehead atoms. The smallest absolute Gasteiger partial charge is 0.238 e. The second kappa shape index (κ2) is 9.80. The van der Waals surface area contributed by atoms with Crippen molar-refractivity contribution in [2.24, 2.45) is 0 Å². The van der Waals surface area contributed by atoms with Crippen molar-refractivity contribution < 1.29 is 9.59 Å². The molecule has 0 atom stereocenters. The van der Waals surface area contributed by atoms with Crippen LogP contribution in [0.15, 0.2) is 40.7 Å². The lowest BCUT2D eigenvalue weighted by Crippen LogP contribution is -2.30. The fourth-order valence-corrected chi connectivity index (χ4v) is 5.50. The van der Waals surface area contributed by atoms with Gasteiger partial charge in [-0.15, -0.1) is 11.3 Å². The van der Waals surface area contributed by atoms with Crippen molar-refractivity contribution in [2.75, 3.05) is 36.0 Å². The number of hydrogen-bond acceptors (Lipinski definition) is 6. The Hall–Kier alpha value is -2.42. The number of likely N-dealkylation sites (tertiary alicyclic amines) is 1. The summed E-state index contributed by atoms with van der Waals surface area (Å²) in [5.74, 6) is 0.267. The minimum atomic E-state index is -0.0483. The molecule has 162 valence electrons. The molecule has 1 saturated heterocycles. The van der Waals surface area contributed by atoms with E-state index >= 15 is 0 Å². The lowest BCUT2D eigenvalue weighted by molar-refractivity contribution is -0.117. The van der Waals surface area contributed by atoms with E-state index in [2.05, 4.69) is 20.5 Å². The molecule has 1 aromatic heterocycles. The minimum Gasteiger partial charge on any atom is -0.325 e. The average molecular weight is 455 g/mol. The van der Waals surface area contributed by atoms with Crippen molar-refractivity contribution >= 4 is 56.5 Å². The first-order chi connectivity index (χ1) is 15.0. The topological polar surface area (TPSA) is 74.3 Å². The zero-order valence-electron chi connectivity index (χ0n) is 17.7. The molecule has 8 heteroatoms. The summed E-state index contributed by atoms with van der Waals surface area (Å²) in [6.07, 6.45) is 2.34. The number of aryl methyl sites for hydroxylation is 1. The Morgan fingerprint density at radius 1 is 1.10 bits per heavy atom. The number of fused-ring (bicyclic) bond motifs is 1. The van der Waals surface area contributed by atoms with Gasteiger partial charge in [-0.05, 0) is 75.2 Å². The Morgan fingerprint density at radius 2 is 1.90 bits per heavy atom. The molecule has 2 amide bonds. The zero-order chi connectivity index (χ0) is 21.8. The highest BCUT2D eigenvalue weighted by molar-refractivity contribution is 8.01. The van der Waals surface area contributed by atoms with Gasteiger partial charge < -0.3 is 10.6 Å². The van der Waals surface area contributed by atoms with Crippen LogP contribution in [0.4, 0.5) is 11.4 Å². The van der Waals surface area contributed by atoms with Crippen LogP contribution in [0.3, 0.4) is 0 Å². The van der Waals surface area contributed by atoms with E-state index in [4.69, 9.17) is 0 Å². The summed E-state index contributed by atoms with van der Waals surface area (Å²) in [5, 5.41) is 5.97. The molecule has 0 saturated carbocycles. The number of carbonyl (C=O) groups is 2. The third-order valence-electron chi connectivity index (χ3n) is 5.42. The largest absolute Gasteiger partial charge is 0.325 e. The van der Waals surface area contributed by atoms with Crippen molar-refractivity contribution in [3.8, 4) is 0 Å². The molecule has 0 radical (unpaired) electrons. The van der Waals surface area contributed by atoms with Gasteiger partial charge in [0.15, 0.2) is 4.34 Å². The average Bonchev–Trinajstić information content (AvgIpc) is 3.39. The molecule has 0 aliphatic carbocycles. The van der Waals surface area contributed by atoms with Crippen LogP contribution in [-0.4, -0.2) is 47.1 Å². The number of thioether (sulfide) groups is 1. The Balaban J connectivity index is 1.34. The van der Waals surface area contributed by atoms with Crippen LogP contribution in [0, 0.1) is 13.8 Å². The number of amides is 2. The maximum absolute atomic E-state index is 12.4. The van der Waals surface area contributed by atoms with Crippen LogP contribution in [0.25, 0.3) is 10.2 Å². The standard InChI is InChI=1S/C23H26N4O2S2/c1-15-6-5-7-18(16(15)2)25-22(29)14-30-23-26-19-9-8-17(12-20(19)31-23)24-21(28)13-27-10-3-4-11-27/h5-9,12H,3-4,10-11,13-14H2,1-2H3,(H,24,28)(H,25,29). The second-order valence-electron chi connectivity index (χ2n) is 7.78. The van der Waals surface area contributed by atoms with Crippen molar-refractivity contribution in [3.05, 3.63) is 47.5 Å². The van der Waals surface area contributed by atoms with E-state index in [9.17, 15) is 9.59 Å². The Bertz CT molecular complexity index is 1110. The maximum Gasteiger partial charge on any atom is 0.238 e. The number of nitrogens with one attached hydrogen (secondary N) is 2. The van der Waals surface area contributed by atoms with E-state index in [0.29, 0.717) is 12.3 Å². The molecular weight excluding hydrogens is 428 g/mol. The zero-order valence-corrected chi connectivity index (χ0v) is 19.4. The van der Waals surface area contributed by atoms with Crippen LogP contribution >= 0.6 is 23.1 Å². The first-order valence-electron chi connectivity index (χ1n) is 10.4. The van der Waals surface area contributed by atoms with E-state index in [1.807, 2.05) is 50.2 Å². The summed E-state index contributed by atoms with van der Waals surface area (Å²) < 4.78 is 1.84. The SMILES string of the molecule is Cc1cccc(NC(=O)CSc2nc3ccc(NC(=O)CN4CCCC4)cc3s2)c1C.